The van der Waals surface area contributed by atoms with E-state index in [0.717, 1.165) is 11.1 Å². The number of benzene rings is 2. The van der Waals surface area contributed by atoms with Gasteiger partial charge in [-0.25, -0.2) is 4.39 Å². The summed E-state index contributed by atoms with van der Waals surface area (Å²) in [5.74, 6) is 0.546. The maximum atomic E-state index is 13.6. The average Bonchev–Trinajstić information content (AvgIpc) is 3.04. The molecule has 0 amide bonds. The van der Waals surface area contributed by atoms with E-state index in [1.165, 1.54) is 6.07 Å². The first kappa shape index (κ1) is 16.1. The van der Waals surface area contributed by atoms with Gasteiger partial charge in [0.05, 0.1) is 12.2 Å². The SMILES string of the molecule is Cc1ccccc1-c1noc(CNC(=S)Nc2ccccc2F)n1. The van der Waals surface area contributed by atoms with Crippen molar-refractivity contribution in [3.63, 3.8) is 0 Å². The summed E-state index contributed by atoms with van der Waals surface area (Å²) >= 11 is 5.14. The van der Waals surface area contributed by atoms with Gasteiger partial charge >= 0.3 is 0 Å². The lowest BCUT2D eigenvalue weighted by Gasteiger charge is -2.09. The Bertz CT molecular complexity index is 865. The number of rotatable bonds is 4. The first-order valence-corrected chi connectivity index (χ1v) is 7.72. The fraction of sp³-hybridized carbons (Fsp3) is 0.118. The predicted octanol–water partition coefficient (Wildman–Crippen LogP) is 3.67. The number of aromatic nitrogens is 2. The van der Waals surface area contributed by atoms with Crippen LogP contribution in [0.1, 0.15) is 11.5 Å². The molecule has 0 atom stereocenters. The number of nitrogens with zero attached hydrogens (tertiary/aromatic N) is 2. The quantitative estimate of drug-likeness (QED) is 0.706. The van der Waals surface area contributed by atoms with Crippen molar-refractivity contribution in [2.75, 3.05) is 5.32 Å². The lowest BCUT2D eigenvalue weighted by Crippen LogP contribution is -2.28. The van der Waals surface area contributed by atoms with E-state index in [-0.39, 0.29) is 17.5 Å². The molecule has 2 N–H and O–H groups in total. The second-order valence-corrected chi connectivity index (χ2v) is 5.52. The summed E-state index contributed by atoms with van der Waals surface area (Å²) < 4.78 is 18.8. The van der Waals surface area contributed by atoms with Crippen molar-refractivity contribution >= 4 is 23.0 Å². The molecular formula is C17H15FN4OS. The largest absolute Gasteiger partial charge is 0.353 e. The van der Waals surface area contributed by atoms with Crippen LogP contribution in [0.2, 0.25) is 0 Å². The Kier molecular flexibility index (Phi) is 4.81. The Labute approximate surface area is 143 Å². The highest BCUT2D eigenvalue weighted by Crippen LogP contribution is 2.19. The van der Waals surface area contributed by atoms with E-state index < -0.39 is 0 Å². The number of nitrogens with one attached hydrogen (secondary N) is 2. The minimum Gasteiger partial charge on any atom is -0.353 e. The molecule has 0 saturated carbocycles. The maximum absolute atomic E-state index is 13.6. The van der Waals surface area contributed by atoms with Gasteiger partial charge in [0.15, 0.2) is 5.11 Å². The van der Waals surface area contributed by atoms with Crippen molar-refractivity contribution in [2.24, 2.45) is 0 Å². The highest BCUT2D eigenvalue weighted by molar-refractivity contribution is 7.80. The molecule has 0 saturated heterocycles. The van der Waals surface area contributed by atoms with Crippen LogP contribution in [0.5, 0.6) is 0 Å². The number of thiocarbonyl (C=S) groups is 1. The lowest BCUT2D eigenvalue weighted by atomic mass is 10.1. The van der Waals surface area contributed by atoms with Crippen molar-refractivity contribution in [2.45, 2.75) is 13.5 Å². The smallest absolute Gasteiger partial charge is 0.246 e. The summed E-state index contributed by atoms with van der Waals surface area (Å²) in [6, 6.07) is 14.1. The van der Waals surface area contributed by atoms with Gasteiger partial charge in [0, 0.05) is 5.56 Å². The average molecular weight is 342 g/mol. The molecule has 3 rings (SSSR count). The Balaban J connectivity index is 1.61. The third kappa shape index (κ3) is 3.75. The van der Waals surface area contributed by atoms with Crippen molar-refractivity contribution < 1.29 is 8.91 Å². The number of para-hydroxylation sites is 1. The molecule has 0 bridgehead atoms. The molecule has 0 aliphatic heterocycles. The molecule has 7 heteroatoms. The van der Waals surface area contributed by atoms with Crippen molar-refractivity contribution in [3.05, 3.63) is 65.8 Å². The first-order chi connectivity index (χ1) is 11.6. The lowest BCUT2D eigenvalue weighted by molar-refractivity contribution is 0.376. The fourth-order valence-electron chi connectivity index (χ4n) is 2.14. The molecular weight excluding hydrogens is 327 g/mol. The van der Waals surface area contributed by atoms with Gasteiger partial charge in [-0.05, 0) is 36.8 Å². The standard InChI is InChI=1S/C17H15FN4OS/c1-11-6-2-3-7-12(11)16-21-15(23-22-16)10-19-17(24)20-14-9-5-4-8-13(14)18/h2-9H,10H2,1H3,(H2,19,20,24). The molecule has 0 aliphatic carbocycles. The third-order valence-corrected chi connectivity index (χ3v) is 3.62. The van der Waals surface area contributed by atoms with Crippen molar-refractivity contribution in [1.29, 1.82) is 0 Å². The van der Waals surface area contributed by atoms with E-state index in [9.17, 15) is 4.39 Å². The molecule has 0 unspecified atom stereocenters. The number of halogens is 1. The number of aryl methyl sites for hydroxylation is 1. The van der Waals surface area contributed by atoms with E-state index in [1.807, 2.05) is 31.2 Å². The van der Waals surface area contributed by atoms with Gasteiger partial charge < -0.3 is 15.2 Å². The van der Waals surface area contributed by atoms with Gasteiger partial charge in [0.2, 0.25) is 11.7 Å². The van der Waals surface area contributed by atoms with E-state index in [1.54, 1.807) is 18.2 Å². The van der Waals surface area contributed by atoms with Crippen LogP contribution in [-0.4, -0.2) is 15.3 Å². The van der Waals surface area contributed by atoms with Gasteiger partial charge in [-0.1, -0.05) is 41.6 Å². The van der Waals surface area contributed by atoms with Crippen LogP contribution in [0.25, 0.3) is 11.4 Å². The highest BCUT2D eigenvalue weighted by atomic mass is 32.1. The third-order valence-electron chi connectivity index (χ3n) is 3.38. The number of hydrogen-bond donors (Lipinski definition) is 2. The Morgan fingerprint density at radius 1 is 1.17 bits per heavy atom. The summed E-state index contributed by atoms with van der Waals surface area (Å²) in [7, 11) is 0. The van der Waals surface area contributed by atoms with Crippen LogP contribution < -0.4 is 10.6 Å². The molecule has 5 nitrogen and oxygen atoms in total. The maximum Gasteiger partial charge on any atom is 0.246 e. The van der Waals surface area contributed by atoms with E-state index >= 15 is 0 Å². The molecule has 1 heterocycles. The summed E-state index contributed by atoms with van der Waals surface area (Å²) in [5.41, 5.74) is 2.29. The molecule has 3 aromatic rings. The Morgan fingerprint density at radius 2 is 1.92 bits per heavy atom. The number of hydrogen-bond acceptors (Lipinski definition) is 4. The zero-order valence-electron chi connectivity index (χ0n) is 12.9. The van der Waals surface area contributed by atoms with E-state index in [4.69, 9.17) is 16.7 Å². The molecule has 0 fully saturated rings. The van der Waals surface area contributed by atoms with Crippen LogP contribution in [0.3, 0.4) is 0 Å². The second-order valence-electron chi connectivity index (χ2n) is 5.11. The number of anilines is 1. The molecule has 0 spiro atoms. The Hall–Kier alpha value is -2.80. The van der Waals surface area contributed by atoms with Crippen molar-refractivity contribution in [1.82, 2.24) is 15.5 Å². The summed E-state index contributed by atoms with van der Waals surface area (Å²) in [5, 5.41) is 9.94. The van der Waals surface area contributed by atoms with Gasteiger partial charge in [-0.15, -0.1) is 0 Å². The van der Waals surface area contributed by atoms with Gasteiger partial charge in [-0.3, -0.25) is 0 Å². The first-order valence-electron chi connectivity index (χ1n) is 7.31. The molecule has 122 valence electrons. The van der Waals surface area contributed by atoms with Gasteiger partial charge in [-0.2, -0.15) is 4.98 Å². The minimum absolute atomic E-state index is 0.249. The second kappa shape index (κ2) is 7.18. The van der Waals surface area contributed by atoms with Gasteiger partial charge in [0.1, 0.15) is 5.82 Å². The van der Waals surface area contributed by atoms with Crippen LogP contribution in [0.4, 0.5) is 10.1 Å². The highest BCUT2D eigenvalue weighted by Gasteiger charge is 2.11. The summed E-state index contributed by atoms with van der Waals surface area (Å²) in [6.45, 7) is 2.23. The predicted molar refractivity (Wildman–Crippen MR) is 93.9 cm³/mol. The van der Waals surface area contributed by atoms with E-state index in [2.05, 4.69) is 20.8 Å². The van der Waals surface area contributed by atoms with Crippen LogP contribution in [0.15, 0.2) is 53.1 Å². The zero-order chi connectivity index (χ0) is 16.9. The summed E-state index contributed by atoms with van der Waals surface area (Å²) in [6.07, 6.45) is 0. The van der Waals surface area contributed by atoms with Gasteiger partial charge in [0.25, 0.3) is 0 Å². The molecule has 24 heavy (non-hydrogen) atoms. The normalized spacial score (nSPS) is 10.4. The molecule has 1 aromatic heterocycles. The van der Waals surface area contributed by atoms with Crippen LogP contribution >= 0.6 is 12.2 Å². The molecule has 2 aromatic carbocycles. The van der Waals surface area contributed by atoms with E-state index in [0.29, 0.717) is 17.4 Å². The fourth-order valence-corrected chi connectivity index (χ4v) is 2.33. The minimum atomic E-state index is -0.374. The van der Waals surface area contributed by atoms with Crippen LogP contribution in [-0.2, 0) is 6.54 Å². The topological polar surface area (TPSA) is 63.0 Å². The van der Waals surface area contributed by atoms with Crippen molar-refractivity contribution in [3.8, 4) is 11.4 Å². The molecule has 0 radical (unpaired) electrons. The summed E-state index contributed by atoms with van der Waals surface area (Å²) in [4.78, 5) is 4.34. The molecule has 0 aliphatic rings. The van der Waals surface area contributed by atoms with Crippen LogP contribution in [0, 0.1) is 12.7 Å². The monoisotopic (exact) mass is 342 g/mol. The zero-order valence-corrected chi connectivity index (χ0v) is 13.7. The Morgan fingerprint density at radius 3 is 2.71 bits per heavy atom.